The average Bonchev–Trinajstić information content (AvgIpc) is 3.19. The van der Waals surface area contributed by atoms with Crippen LogP contribution in [-0.4, -0.2) is 41.8 Å². The predicted octanol–water partition coefficient (Wildman–Crippen LogP) is 3.00. The summed E-state index contributed by atoms with van der Waals surface area (Å²) in [4.78, 5) is 37.9. The van der Waals surface area contributed by atoms with Crippen LogP contribution in [0.1, 0.15) is 32.3 Å². The molecule has 27 heavy (non-hydrogen) atoms. The molecule has 2 heterocycles. The second kappa shape index (κ2) is 8.47. The zero-order valence-corrected chi connectivity index (χ0v) is 16.1. The minimum absolute atomic E-state index is 0.0634. The molecular formula is C19H22N2O5S. The lowest BCUT2D eigenvalue weighted by Gasteiger charge is -2.13. The molecule has 1 fully saturated rings. The topological polar surface area (TPSA) is 84.9 Å². The minimum Gasteiger partial charge on any atom is -0.454 e. The number of hydrogen-bond acceptors (Lipinski definition) is 6. The second-order valence-corrected chi connectivity index (χ2v) is 7.72. The fraction of sp³-hybridized carbons (Fsp3) is 0.421. The number of benzene rings is 1. The normalized spacial score (nSPS) is 17.3. The molecule has 2 aliphatic heterocycles. The van der Waals surface area contributed by atoms with Gasteiger partial charge in [0.1, 0.15) is 0 Å². The molecule has 0 spiro atoms. The summed E-state index contributed by atoms with van der Waals surface area (Å²) < 4.78 is 10.6. The average molecular weight is 390 g/mol. The van der Waals surface area contributed by atoms with E-state index in [9.17, 15) is 14.4 Å². The molecule has 0 atom stereocenters. The van der Waals surface area contributed by atoms with Gasteiger partial charge in [-0.3, -0.25) is 19.3 Å². The van der Waals surface area contributed by atoms with Crippen molar-refractivity contribution < 1.29 is 23.9 Å². The van der Waals surface area contributed by atoms with E-state index in [0.29, 0.717) is 28.7 Å². The van der Waals surface area contributed by atoms with E-state index in [1.165, 1.54) is 0 Å². The van der Waals surface area contributed by atoms with E-state index in [0.717, 1.165) is 28.6 Å². The fourth-order valence-electron chi connectivity index (χ4n) is 2.66. The van der Waals surface area contributed by atoms with Gasteiger partial charge in [-0.1, -0.05) is 19.9 Å². The van der Waals surface area contributed by atoms with Crippen LogP contribution in [0.3, 0.4) is 0 Å². The monoisotopic (exact) mass is 390 g/mol. The van der Waals surface area contributed by atoms with Crippen molar-refractivity contribution in [3.63, 3.8) is 0 Å². The van der Waals surface area contributed by atoms with E-state index in [-0.39, 0.29) is 36.9 Å². The third-order valence-electron chi connectivity index (χ3n) is 4.17. The maximum atomic E-state index is 12.5. The molecule has 1 saturated heterocycles. The zero-order valence-electron chi connectivity index (χ0n) is 15.3. The van der Waals surface area contributed by atoms with Crippen LogP contribution in [0.15, 0.2) is 23.1 Å². The van der Waals surface area contributed by atoms with Crippen molar-refractivity contribution in [2.24, 2.45) is 5.92 Å². The highest BCUT2D eigenvalue weighted by atomic mass is 32.2. The van der Waals surface area contributed by atoms with Gasteiger partial charge in [0.05, 0.1) is 4.91 Å². The lowest BCUT2D eigenvalue weighted by molar-refractivity contribution is -0.124. The van der Waals surface area contributed by atoms with Gasteiger partial charge < -0.3 is 14.8 Å². The lowest BCUT2D eigenvalue weighted by Crippen LogP contribution is -2.37. The number of imide groups is 1. The van der Waals surface area contributed by atoms with Crippen LogP contribution in [0, 0.1) is 5.92 Å². The van der Waals surface area contributed by atoms with Crippen molar-refractivity contribution in [3.8, 4) is 11.5 Å². The first-order chi connectivity index (χ1) is 12.9. The van der Waals surface area contributed by atoms with Gasteiger partial charge in [0, 0.05) is 19.5 Å². The van der Waals surface area contributed by atoms with Crippen molar-refractivity contribution in [2.75, 3.05) is 19.9 Å². The van der Waals surface area contributed by atoms with Crippen molar-refractivity contribution in [3.05, 3.63) is 28.7 Å². The Morgan fingerprint density at radius 2 is 2.07 bits per heavy atom. The number of rotatable bonds is 7. The first-order valence-corrected chi connectivity index (χ1v) is 9.67. The molecule has 0 aromatic heterocycles. The quantitative estimate of drug-likeness (QED) is 0.721. The molecule has 7 nitrogen and oxygen atoms in total. The van der Waals surface area contributed by atoms with Gasteiger partial charge >= 0.3 is 0 Å². The first kappa shape index (κ1) is 19.3. The molecule has 144 valence electrons. The number of ether oxygens (including phenoxy) is 2. The summed E-state index contributed by atoms with van der Waals surface area (Å²) in [6.45, 7) is 4.71. The van der Waals surface area contributed by atoms with E-state index >= 15 is 0 Å². The number of fused-ring (bicyclic) bond motifs is 1. The zero-order chi connectivity index (χ0) is 19.4. The van der Waals surface area contributed by atoms with E-state index < -0.39 is 0 Å². The van der Waals surface area contributed by atoms with Gasteiger partial charge in [-0.2, -0.15) is 0 Å². The Morgan fingerprint density at radius 3 is 2.85 bits per heavy atom. The van der Waals surface area contributed by atoms with Gasteiger partial charge in [0.2, 0.25) is 12.7 Å². The first-order valence-electron chi connectivity index (χ1n) is 8.86. The number of amides is 3. The molecule has 0 saturated carbocycles. The maximum absolute atomic E-state index is 12.5. The van der Waals surface area contributed by atoms with Gasteiger partial charge in [0.15, 0.2) is 11.5 Å². The van der Waals surface area contributed by atoms with Gasteiger partial charge in [0.25, 0.3) is 11.1 Å². The summed E-state index contributed by atoms with van der Waals surface area (Å²) in [6.07, 6.45) is 2.92. The van der Waals surface area contributed by atoms with Crippen LogP contribution in [-0.2, 0) is 9.59 Å². The highest BCUT2D eigenvalue weighted by molar-refractivity contribution is 8.18. The smallest absolute Gasteiger partial charge is 0.293 e. The number of nitrogens with one attached hydrogen (secondary N) is 1. The Bertz CT molecular complexity index is 790. The molecule has 2 aliphatic rings. The molecule has 0 radical (unpaired) electrons. The number of carbonyl (C=O) groups is 3. The Morgan fingerprint density at radius 1 is 1.30 bits per heavy atom. The van der Waals surface area contributed by atoms with E-state index in [4.69, 9.17) is 9.47 Å². The van der Waals surface area contributed by atoms with E-state index in [1.807, 2.05) is 0 Å². The van der Waals surface area contributed by atoms with Crippen molar-refractivity contribution in [2.45, 2.75) is 26.7 Å². The van der Waals surface area contributed by atoms with E-state index in [1.54, 1.807) is 24.3 Å². The molecule has 3 amide bonds. The van der Waals surface area contributed by atoms with Crippen molar-refractivity contribution >= 4 is 34.9 Å². The molecular weight excluding hydrogens is 368 g/mol. The standard InChI is InChI=1S/C19H22N2O5S/c1-12(2)3-6-17(22)20-7-8-21-18(23)16(27-19(21)24)10-13-4-5-14-15(9-13)26-11-25-14/h4-5,9-10,12H,3,6-8,11H2,1-2H3,(H,20,22)/b16-10-. The Balaban J connectivity index is 1.56. The Labute approximate surface area is 162 Å². The Hall–Kier alpha value is -2.48. The largest absolute Gasteiger partial charge is 0.454 e. The molecule has 0 aliphatic carbocycles. The fourth-order valence-corrected chi connectivity index (χ4v) is 3.53. The van der Waals surface area contributed by atoms with Gasteiger partial charge in [-0.15, -0.1) is 0 Å². The summed E-state index contributed by atoms with van der Waals surface area (Å²) in [5.41, 5.74) is 0.756. The highest BCUT2D eigenvalue weighted by Crippen LogP contribution is 2.36. The molecule has 1 N–H and O–H groups in total. The molecule has 3 rings (SSSR count). The summed E-state index contributed by atoms with van der Waals surface area (Å²) in [7, 11) is 0. The van der Waals surface area contributed by atoms with Crippen molar-refractivity contribution in [1.29, 1.82) is 0 Å². The van der Waals surface area contributed by atoms with Gasteiger partial charge in [-0.05, 0) is 47.9 Å². The number of carbonyl (C=O) groups excluding carboxylic acids is 3. The van der Waals surface area contributed by atoms with Crippen LogP contribution in [0.4, 0.5) is 4.79 Å². The maximum Gasteiger partial charge on any atom is 0.293 e. The van der Waals surface area contributed by atoms with Crippen LogP contribution >= 0.6 is 11.8 Å². The minimum atomic E-state index is -0.348. The van der Waals surface area contributed by atoms with Crippen LogP contribution in [0.2, 0.25) is 0 Å². The lowest BCUT2D eigenvalue weighted by atomic mass is 10.1. The summed E-state index contributed by atoms with van der Waals surface area (Å²) in [6, 6.07) is 5.34. The molecule has 0 bridgehead atoms. The van der Waals surface area contributed by atoms with Crippen molar-refractivity contribution in [1.82, 2.24) is 10.2 Å². The summed E-state index contributed by atoms with van der Waals surface area (Å²) in [5, 5.41) is 2.42. The molecule has 1 aromatic carbocycles. The SMILES string of the molecule is CC(C)CCC(=O)NCCN1C(=O)S/C(=C\c2ccc3c(c2)OCO3)C1=O. The van der Waals surface area contributed by atoms with Gasteiger partial charge in [-0.25, -0.2) is 0 Å². The molecule has 1 aromatic rings. The number of hydrogen-bond donors (Lipinski definition) is 1. The third-order valence-corrected chi connectivity index (χ3v) is 5.08. The number of thioether (sulfide) groups is 1. The summed E-state index contributed by atoms with van der Waals surface area (Å²) >= 11 is 0.897. The van der Waals surface area contributed by atoms with Crippen LogP contribution in [0.25, 0.3) is 6.08 Å². The third kappa shape index (κ3) is 4.82. The number of nitrogens with zero attached hydrogens (tertiary/aromatic N) is 1. The second-order valence-electron chi connectivity index (χ2n) is 6.73. The van der Waals surface area contributed by atoms with Crippen LogP contribution < -0.4 is 14.8 Å². The molecule has 0 unspecified atom stereocenters. The molecule has 8 heteroatoms. The van der Waals surface area contributed by atoms with Crippen LogP contribution in [0.5, 0.6) is 11.5 Å². The summed E-state index contributed by atoms with van der Waals surface area (Å²) in [5.74, 6) is 1.32. The van der Waals surface area contributed by atoms with E-state index in [2.05, 4.69) is 19.2 Å². The highest BCUT2D eigenvalue weighted by Gasteiger charge is 2.34. The Kier molecular flexibility index (Phi) is 6.05. The predicted molar refractivity (Wildman–Crippen MR) is 102 cm³/mol.